The summed E-state index contributed by atoms with van der Waals surface area (Å²) in [5, 5.41) is 14.8. The molecule has 7 nitrogen and oxygen atoms in total. The maximum absolute atomic E-state index is 12.5. The van der Waals surface area contributed by atoms with Gasteiger partial charge in [0.2, 0.25) is 0 Å². The first kappa shape index (κ1) is 19.3. The number of non-ortho nitro benzene ring substituents is 1. The Morgan fingerprint density at radius 1 is 1.21 bits per heavy atom. The number of pyridine rings is 1. The zero-order valence-corrected chi connectivity index (χ0v) is 14.9. The lowest BCUT2D eigenvalue weighted by Gasteiger charge is -2.14. The van der Waals surface area contributed by atoms with Crippen LogP contribution < -0.4 is 14.8 Å². The third-order valence-corrected chi connectivity index (χ3v) is 3.95. The average molecular weight is 389 g/mol. The molecule has 1 aromatic heterocycles. The van der Waals surface area contributed by atoms with E-state index >= 15 is 0 Å². The highest BCUT2D eigenvalue weighted by molar-refractivity contribution is 5.96. The highest BCUT2D eigenvalue weighted by atomic mass is 19.3. The molecule has 3 aromatic rings. The van der Waals surface area contributed by atoms with Crippen LogP contribution in [0.1, 0.15) is 12.5 Å². The predicted molar refractivity (Wildman–Crippen MR) is 100.0 cm³/mol. The molecule has 0 spiro atoms. The Bertz CT molecular complexity index is 998. The fraction of sp³-hybridized carbons (Fsp3) is 0.211. The van der Waals surface area contributed by atoms with E-state index < -0.39 is 11.5 Å². The number of nitrogens with zero attached hydrogens (tertiary/aromatic N) is 2. The number of benzene rings is 2. The molecule has 146 valence electrons. The Balaban J connectivity index is 1.85. The van der Waals surface area contributed by atoms with Gasteiger partial charge in [-0.3, -0.25) is 15.1 Å². The molecular weight excluding hydrogens is 372 g/mol. The minimum Gasteiger partial charge on any atom is -0.490 e. The van der Waals surface area contributed by atoms with Crippen molar-refractivity contribution in [3.63, 3.8) is 0 Å². The number of nitro groups is 1. The van der Waals surface area contributed by atoms with Gasteiger partial charge < -0.3 is 14.8 Å². The van der Waals surface area contributed by atoms with Crippen LogP contribution in [0.25, 0.3) is 10.9 Å². The van der Waals surface area contributed by atoms with Crippen LogP contribution >= 0.6 is 0 Å². The first-order chi connectivity index (χ1) is 13.5. The van der Waals surface area contributed by atoms with E-state index in [1.807, 2.05) is 0 Å². The summed E-state index contributed by atoms with van der Waals surface area (Å²) in [5.41, 5.74) is 1.82. The van der Waals surface area contributed by atoms with Crippen LogP contribution in [0.3, 0.4) is 0 Å². The minimum absolute atomic E-state index is 0.0271. The van der Waals surface area contributed by atoms with Gasteiger partial charge in [-0.05, 0) is 42.8 Å². The third-order valence-electron chi connectivity index (χ3n) is 3.95. The second-order valence-electron chi connectivity index (χ2n) is 5.74. The van der Waals surface area contributed by atoms with Crippen LogP contribution in [-0.2, 0) is 6.54 Å². The lowest BCUT2D eigenvalue weighted by molar-refractivity contribution is -0.383. The molecule has 0 fully saturated rings. The summed E-state index contributed by atoms with van der Waals surface area (Å²) in [4.78, 5) is 15.0. The molecule has 0 bridgehead atoms. The summed E-state index contributed by atoms with van der Waals surface area (Å²) in [5.74, 6) is 0.178. The Kier molecular flexibility index (Phi) is 5.83. The summed E-state index contributed by atoms with van der Waals surface area (Å²) in [6, 6.07) is 10.9. The fourth-order valence-electron chi connectivity index (χ4n) is 2.78. The van der Waals surface area contributed by atoms with E-state index in [1.54, 1.807) is 43.5 Å². The molecule has 9 heteroatoms. The van der Waals surface area contributed by atoms with E-state index in [1.165, 1.54) is 12.1 Å². The number of ether oxygens (including phenoxy) is 2. The highest BCUT2D eigenvalue weighted by Gasteiger charge is 2.15. The maximum atomic E-state index is 12.5. The summed E-state index contributed by atoms with van der Waals surface area (Å²) in [7, 11) is 0. The van der Waals surface area contributed by atoms with Crippen LogP contribution in [0.15, 0.2) is 48.7 Å². The van der Waals surface area contributed by atoms with Gasteiger partial charge in [0.15, 0.2) is 11.5 Å². The highest BCUT2D eigenvalue weighted by Crippen LogP contribution is 2.32. The number of halogens is 2. The molecule has 1 heterocycles. The van der Waals surface area contributed by atoms with Crippen molar-refractivity contribution in [1.82, 2.24) is 4.98 Å². The summed E-state index contributed by atoms with van der Waals surface area (Å²) < 4.78 is 34.8. The fourth-order valence-corrected chi connectivity index (χ4v) is 2.78. The van der Waals surface area contributed by atoms with Gasteiger partial charge in [-0.1, -0.05) is 6.07 Å². The third kappa shape index (κ3) is 4.25. The second-order valence-corrected chi connectivity index (χ2v) is 5.74. The van der Waals surface area contributed by atoms with Crippen molar-refractivity contribution in [1.29, 1.82) is 0 Å². The smallest absolute Gasteiger partial charge is 0.387 e. The largest absolute Gasteiger partial charge is 0.490 e. The maximum Gasteiger partial charge on any atom is 0.387 e. The standard InChI is InChI=1S/C19H17F2N3O4/c1-2-27-17-10-12(5-8-16(17)28-19(20)21)11-23-14-6-7-15(24(25)26)13-4-3-9-22-18(13)14/h3-10,19,23H,2,11H2,1H3. The Morgan fingerprint density at radius 2 is 2.04 bits per heavy atom. The van der Waals surface area contributed by atoms with Gasteiger partial charge >= 0.3 is 6.61 Å². The molecule has 0 aliphatic heterocycles. The van der Waals surface area contributed by atoms with Gasteiger partial charge in [0.05, 0.1) is 22.6 Å². The van der Waals surface area contributed by atoms with E-state index in [4.69, 9.17) is 4.74 Å². The molecule has 0 aliphatic carbocycles. The van der Waals surface area contributed by atoms with E-state index in [9.17, 15) is 18.9 Å². The molecule has 0 saturated heterocycles. The Hall–Kier alpha value is -3.49. The SMILES string of the molecule is CCOc1cc(CNc2ccc([N+](=O)[O-])c3cccnc23)ccc1OC(F)F. The zero-order valence-electron chi connectivity index (χ0n) is 14.9. The van der Waals surface area contributed by atoms with E-state index in [2.05, 4.69) is 15.0 Å². The van der Waals surface area contributed by atoms with Crippen LogP contribution in [0, 0.1) is 10.1 Å². The second kappa shape index (κ2) is 8.47. The lowest BCUT2D eigenvalue weighted by Crippen LogP contribution is -2.06. The predicted octanol–water partition coefficient (Wildman–Crippen LogP) is 4.76. The molecule has 0 aliphatic rings. The topological polar surface area (TPSA) is 86.5 Å². The monoisotopic (exact) mass is 389 g/mol. The molecule has 0 amide bonds. The molecule has 0 saturated carbocycles. The van der Waals surface area contributed by atoms with Crippen molar-refractivity contribution in [2.75, 3.05) is 11.9 Å². The Labute approximate surface area is 159 Å². The molecule has 0 atom stereocenters. The van der Waals surface area contributed by atoms with Crippen molar-refractivity contribution in [2.24, 2.45) is 0 Å². The van der Waals surface area contributed by atoms with Gasteiger partial charge in [-0.25, -0.2) is 0 Å². The molecule has 28 heavy (non-hydrogen) atoms. The number of hydrogen-bond donors (Lipinski definition) is 1. The van der Waals surface area contributed by atoms with Gasteiger partial charge in [-0.15, -0.1) is 0 Å². The Morgan fingerprint density at radius 3 is 2.75 bits per heavy atom. The summed E-state index contributed by atoms with van der Waals surface area (Å²) in [6.45, 7) is -0.571. The van der Waals surface area contributed by atoms with Crippen LogP contribution in [0.2, 0.25) is 0 Å². The number of nitrogens with one attached hydrogen (secondary N) is 1. The number of hydrogen-bond acceptors (Lipinski definition) is 6. The van der Waals surface area contributed by atoms with Crippen LogP contribution in [-0.4, -0.2) is 23.1 Å². The molecular formula is C19H17F2N3O4. The number of anilines is 1. The molecule has 0 radical (unpaired) electrons. The van der Waals surface area contributed by atoms with Crippen molar-refractivity contribution in [3.8, 4) is 11.5 Å². The van der Waals surface area contributed by atoms with Gasteiger partial charge in [0.25, 0.3) is 5.69 Å². The summed E-state index contributed by atoms with van der Waals surface area (Å²) in [6.07, 6.45) is 1.56. The average Bonchev–Trinajstić information content (AvgIpc) is 2.67. The van der Waals surface area contributed by atoms with E-state index in [0.717, 1.165) is 5.56 Å². The number of fused-ring (bicyclic) bond motifs is 1. The minimum atomic E-state index is -2.94. The molecule has 0 unspecified atom stereocenters. The quantitative estimate of drug-likeness (QED) is 0.442. The number of nitro benzene ring substituents is 1. The van der Waals surface area contributed by atoms with Crippen molar-refractivity contribution < 1.29 is 23.2 Å². The summed E-state index contributed by atoms with van der Waals surface area (Å²) >= 11 is 0. The first-order valence-electron chi connectivity index (χ1n) is 8.46. The number of alkyl halides is 2. The number of rotatable bonds is 8. The van der Waals surface area contributed by atoms with Gasteiger partial charge in [-0.2, -0.15) is 8.78 Å². The van der Waals surface area contributed by atoms with Gasteiger partial charge in [0.1, 0.15) is 5.52 Å². The number of aromatic nitrogens is 1. The molecule has 1 N–H and O–H groups in total. The molecule has 3 rings (SSSR count). The van der Waals surface area contributed by atoms with Crippen molar-refractivity contribution in [2.45, 2.75) is 20.1 Å². The van der Waals surface area contributed by atoms with Crippen LogP contribution in [0.4, 0.5) is 20.2 Å². The van der Waals surface area contributed by atoms with Gasteiger partial charge in [0, 0.05) is 18.8 Å². The lowest BCUT2D eigenvalue weighted by atomic mass is 10.1. The van der Waals surface area contributed by atoms with Crippen molar-refractivity contribution >= 4 is 22.3 Å². The zero-order chi connectivity index (χ0) is 20.1. The van der Waals surface area contributed by atoms with Crippen LogP contribution in [0.5, 0.6) is 11.5 Å². The van der Waals surface area contributed by atoms with E-state index in [-0.39, 0.29) is 17.2 Å². The van der Waals surface area contributed by atoms with E-state index in [0.29, 0.717) is 29.7 Å². The normalized spacial score (nSPS) is 10.9. The molecule has 2 aromatic carbocycles. The van der Waals surface area contributed by atoms with Crippen molar-refractivity contribution in [3.05, 3.63) is 64.3 Å². The first-order valence-corrected chi connectivity index (χ1v) is 8.46.